The van der Waals surface area contributed by atoms with Gasteiger partial charge in [0.2, 0.25) is 0 Å². The van der Waals surface area contributed by atoms with E-state index in [2.05, 4.69) is 41.6 Å². The van der Waals surface area contributed by atoms with E-state index in [1.165, 1.54) is 19.5 Å². The lowest BCUT2D eigenvalue weighted by molar-refractivity contribution is 1.43. The molecule has 0 unspecified atom stereocenters. The van der Waals surface area contributed by atoms with E-state index in [4.69, 9.17) is 0 Å². The Bertz CT molecular complexity index is 589. The predicted octanol–water partition coefficient (Wildman–Crippen LogP) is 4.91. The minimum absolute atomic E-state index is 1.13. The van der Waals surface area contributed by atoms with Gasteiger partial charge < -0.3 is 0 Å². The predicted molar refractivity (Wildman–Crippen MR) is 73.5 cm³/mol. The van der Waals surface area contributed by atoms with Crippen molar-refractivity contribution in [2.24, 2.45) is 0 Å². The van der Waals surface area contributed by atoms with Crippen LogP contribution in [0.1, 0.15) is 4.88 Å². The average molecular weight is 263 g/mol. The van der Waals surface area contributed by atoms with Crippen LogP contribution in [-0.4, -0.2) is 4.98 Å². The van der Waals surface area contributed by atoms with Crippen LogP contribution in [0.4, 0.5) is 0 Å². The molecule has 16 heavy (non-hydrogen) atoms. The molecule has 0 fully saturated rings. The summed E-state index contributed by atoms with van der Waals surface area (Å²) in [7, 11) is 0. The van der Waals surface area contributed by atoms with Crippen molar-refractivity contribution in [3.8, 4) is 19.6 Å². The molecule has 0 amide bonds. The highest BCUT2D eigenvalue weighted by molar-refractivity contribution is 7.25. The molecule has 0 aliphatic carbocycles. The van der Waals surface area contributed by atoms with Crippen LogP contribution in [0.2, 0.25) is 0 Å². The van der Waals surface area contributed by atoms with Crippen LogP contribution in [0.3, 0.4) is 0 Å². The molecule has 0 spiro atoms. The fourth-order valence-electron chi connectivity index (χ4n) is 1.47. The summed E-state index contributed by atoms with van der Waals surface area (Å²) in [6.07, 6.45) is 1.97. The fraction of sp³-hybridized carbons (Fsp3) is 0.0833. The molecular weight excluding hydrogens is 254 g/mol. The van der Waals surface area contributed by atoms with Gasteiger partial charge in [-0.3, -0.25) is 0 Å². The number of nitrogens with zero attached hydrogens (tertiary/aromatic N) is 1. The zero-order valence-corrected chi connectivity index (χ0v) is 11.1. The van der Waals surface area contributed by atoms with Gasteiger partial charge in [-0.05, 0) is 30.5 Å². The molecule has 0 saturated carbocycles. The summed E-state index contributed by atoms with van der Waals surface area (Å²) in [6, 6.07) is 8.51. The van der Waals surface area contributed by atoms with Crippen LogP contribution in [0.25, 0.3) is 19.6 Å². The Morgan fingerprint density at radius 3 is 2.62 bits per heavy atom. The Morgan fingerprint density at radius 2 is 1.94 bits per heavy atom. The Labute approximate surface area is 106 Å². The van der Waals surface area contributed by atoms with Crippen molar-refractivity contribution in [2.45, 2.75) is 6.92 Å². The van der Waals surface area contributed by atoms with Crippen molar-refractivity contribution in [3.63, 3.8) is 0 Å². The van der Waals surface area contributed by atoms with Crippen molar-refractivity contribution in [1.82, 2.24) is 4.98 Å². The van der Waals surface area contributed by atoms with Gasteiger partial charge in [0.25, 0.3) is 0 Å². The van der Waals surface area contributed by atoms with Gasteiger partial charge >= 0.3 is 0 Å². The number of thiazole rings is 1. The third kappa shape index (κ3) is 1.84. The monoisotopic (exact) mass is 263 g/mol. The van der Waals surface area contributed by atoms with E-state index in [0.717, 1.165) is 5.01 Å². The molecular formula is C12H9NS3. The van der Waals surface area contributed by atoms with Crippen molar-refractivity contribution in [2.75, 3.05) is 0 Å². The normalized spacial score (nSPS) is 10.8. The Morgan fingerprint density at radius 1 is 1.00 bits per heavy atom. The molecule has 0 atom stereocenters. The molecule has 0 aromatic carbocycles. The van der Waals surface area contributed by atoms with Crippen molar-refractivity contribution in [1.29, 1.82) is 0 Å². The van der Waals surface area contributed by atoms with Crippen molar-refractivity contribution in [3.05, 3.63) is 40.7 Å². The summed E-state index contributed by atoms with van der Waals surface area (Å²) in [6.45, 7) is 2.13. The van der Waals surface area contributed by atoms with E-state index >= 15 is 0 Å². The lowest BCUT2D eigenvalue weighted by Gasteiger charge is -1.87. The van der Waals surface area contributed by atoms with Crippen LogP contribution >= 0.6 is 34.0 Å². The van der Waals surface area contributed by atoms with Crippen LogP contribution in [-0.2, 0) is 0 Å². The van der Waals surface area contributed by atoms with E-state index in [1.807, 2.05) is 6.20 Å². The zero-order chi connectivity index (χ0) is 11.0. The van der Waals surface area contributed by atoms with Gasteiger partial charge in [-0.15, -0.1) is 34.0 Å². The van der Waals surface area contributed by atoms with E-state index < -0.39 is 0 Å². The quantitative estimate of drug-likeness (QED) is 0.640. The highest BCUT2D eigenvalue weighted by Gasteiger charge is 2.08. The van der Waals surface area contributed by atoms with E-state index in [9.17, 15) is 0 Å². The number of aromatic nitrogens is 1. The molecule has 1 nitrogen and oxygen atoms in total. The third-order valence-corrected chi connectivity index (χ3v) is 5.45. The molecule has 3 heterocycles. The van der Waals surface area contributed by atoms with Gasteiger partial charge in [0.1, 0.15) is 5.01 Å². The molecule has 0 N–H and O–H groups in total. The Kier molecular flexibility index (Phi) is 2.63. The summed E-state index contributed by atoms with van der Waals surface area (Å²) in [5.74, 6) is 0. The minimum atomic E-state index is 1.13. The fourth-order valence-corrected chi connectivity index (χ4v) is 4.13. The number of hydrogen-bond donors (Lipinski definition) is 0. The van der Waals surface area contributed by atoms with Crippen molar-refractivity contribution >= 4 is 34.0 Å². The van der Waals surface area contributed by atoms with Crippen LogP contribution in [0, 0.1) is 6.92 Å². The van der Waals surface area contributed by atoms with Gasteiger partial charge in [0, 0.05) is 16.0 Å². The highest BCUT2D eigenvalue weighted by atomic mass is 32.1. The van der Waals surface area contributed by atoms with E-state index in [-0.39, 0.29) is 0 Å². The smallest absolute Gasteiger partial charge is 0.133 e. The maximum Gasteiger partial charge on any atom is 0.133 e. The van der Waals surface area contributed by atoms with Gasteiger partial charge in [-0.2, -0.15) is 0 Å². The second-order valence-corrected chi connectivity index (χ2v) is 6.68. The minimum Gasteiger partial charge on any atom is -0.243 e. The largest absolute Gasteiger partial charge is 0.243 e. The standard InChI is InChI=1S/C12H9NS3/c1-8-4-5-10(15-8)12-13-7-11(16-12)9-3-2-6-14-9/h2-7H,1H3. The molecule has 3 aromatic heterocycles. The molecule has 0 saturated heterocycles. The molecule has 4 heteroatoms. The number of aryl methyl sites for hydroxylation is 1. The highest BCUT2D eigenvalue weighted by Crippen LogP contribution is 2.36. The lowest BCUT2D eigenvalue weighted by atomic mass is 10.4. The number of hydrogen-bond acceptors (Lipinski definition) is 4. The summed E-state index contributed by atoms with van der Waals surface area (Å²) in [5.41, 5.74) is 0. The first kappa shape index (κ1) is 10.2. The van der Waals surface area contributed by atoms with Crippen LogP contribution < -0.4 is 0 Å². The van der Waals surface area contributed by atoms with Gasteiger partial charge in [-0.25, -0.2) is 4.98 Å². The van der Waals surface area contributed by atoms with Crippen LogP contribution in [0.15, 0.2) is 35.8 Å². The first-order valence-electron chi connectivity index (χ1n) is 4.89. The number of rotatable bonds is 2. The average Bonchev–Trinajstić information content (AvgIpc) is 2.97. The summed E-state index contributed by atoms with van der Waals surface area (Å²) in [4.78, 5) is 9.66. The van der Waals surface area contributed by atoms with Gasteiger partial charge in [0.05, 0.1) is 9.75 Å². The maximum atomic E-state index is 4.49. The summed E-state index contributed by atoms with van der Waals surface area (Å²) in [5, 5.41) is 3.23. The Hall–Kier alpha value is -0.970. The summed E-state index contributed by atoms with van der Waals surface area (Å²) >= 11 is 5.33. The molecule has 3 aromatic rings. The van der Waals surface area contributed by atoms with Crippen molar-refractivity contribution < 1.29 is 0 Å². The second-order valence-electron chi connectivity index (χ2n) is 3.42. The van der Waals surface area contributed by atoms with Crippen LogP contribution in [0.5, 0.6) is 0 Å². The zero-order valence-electron chi connectivity index (χ0n) is 8.64. The maximum absolute atomic E-state index is 4.49. The summed E-state index contributed by atoms with van der Waals surface area (Å²) < 4.78 is 0. The van der Waals surface area contributed by atoms with E-state index in [1.54, 1.807) is 34.0 Å². The lowest BCUT2D eigenvalue weighted by Crippen LogP contribution is -1.63. The first-order chi connectivity index (χ1) is 7.83. The first-order valence-corrected chi connectivity index (χ1v) is 7.41. The third-order valence-electron chi connectivity index (χ3n) is 2.22. The SMILES string of the molecule is Cc1ccc(-c2ncc(-c3cccs3)s2)s1. The van der Waals surface area contributed by atoms with Gasteiger partial charge in [-0.1, -0.05) is 6.07 Å². The molecule has 80 valence electrons. The van der Waals surface area contributed by atoms with E-state index in [0.29, 0.717) is 0 Å². The Balaban J connectivity index is 2.00. The number of thiophene rings is 2. The molecule has 0 aliphatic rings. The van der Waals surface area contributed by atoms with Gasteiger partial charge in [0.15, 0.2) is 0 Å². The molecule has 3 rings (SSSR count). The second kappa shape index (κ2) is 4.13. The molecule has 0 bridgehead atoms. The molecule has 0 radical (unpaired) electrons. The topological polar surface area (TPSA) is 12.9 Å². The molecule has 0 aliphatic heterocycles.